The summed E-state index contributed by atoms with van der Waals surface area (Å²) < 4.78 is 31.7. The van der Waals surface area contributed by atoms with Crippen molar-refractivity contribution in [1.29, 1.82) is 0 Å². The number of rotatable bonds is 50. The van der Waals surface area contributed by atoms with Gasteiger partial charge in [0.25, 0.3) is 0 Å². The number of carboxylic acids is 1. The average Bonchev–Trinajstić information content (AvgIpc) is 1.74. The van der Waals surface area contributed by atoms with Crippen molar-refractivity contribution >= 4 is 129 Å². The number of alkyl halides is 3. The number of nitrogens with two attached hydrogens (primary N) is 6. The van der Waals surface area contributed by atoms with Gasteiger partial charge in [0, 0.05) is 49.3 Å². The normalized spacial score (nSPS) is 15.7. The lowest BCUT2D eigenvalue weighted by Crippen LogP contribution is -2.61. The first-order valence-electron chi connectivity index (χ1n) is 39.0. The van der Waals surface area contributed by atoms with Crippen molar-refractivity contribution in [2.45, 2.75) is 236 Å². The van der Waals surface area contributed by atoms with Crippen molar-refractivity contribution in [3.8, 4) is 5.75 Å². The molecule has 0 unspecified atom stereocenters. The summed E-state index contributed by atoms with van der Waals surface area (Å²) in [6, 6.07) is -5.76. The van der Waals surface area contributed by atoms with E-state index in [0.717, 1.165) is 4.90 Å². The SMILES string of the molecule is CSCC[C@H](NC(=O)[C@H](C)NC(=O)[C@H](CCC(N)=O)NC(=O)[C@@H]1CCCN1C(=O)[C@@H](NC(=O)[C@H](Cc1c[nH]c2ccccc12)NC(=O)[C@@H](N)CC(N)=O)[C@@H](C)O)C(=O)N[C@@H](CC(C)C)C(=O)N[C@@H](Cc1ccc(O)cc1)C(=O)N[C@@H](CC(C)C)C(=O)N[C@@H](CCCCN)C(=O)NCC(=O)N[C@@H](C)C(=O)N[C@@H](CCC(N)=O)C(N)=O.O=C(O)C(F)(F)F. The average molecular weight is 1730 g/mol. The molecule has 14 atom stereocenters. The second-order valence-corrected chi connectivity index (χ2v) is 30.9. The van der Waals surface area contributed by atoms with Gasteiger partial charge >= 0.3 is 12.1 Å². The van der Waals surface area contributed by atoms with Gasteiger partial charge in [0.2, 0.25) is 100 Å². The highest BCUT2D eigenvalue weighted by molar-refractivity contribution is 7.98. The summed E-state index contributed by atoms with van der Waals surface area (Å²) in [5.74, 6) is -18.2. The standard InChI is InChI=1S/C74H114N20O19S.C2HF3O2/c1-37(2)30-52(69(108)87-49(16-11-12-27-75)66(105)82-36-60(100)83-39(5)63(102)85-48(62(80)101)22-24-57(77)97)91-71(110)54(32-42-18-20-44(96)21-19-42)92-70(109)53(31-38(3)4)90-68(107)51(26-29-114-8)86-64(103)40(6)84-67(106)50(23-25-58(78)98)88-73(112)56-17-13-28-94(56)74(113)61(41(7)95)93-72(111)55(89-65(104)46(76)34-59(79)99)33-43-35-81-47-15-10-9-14-45(43)47;3-2(4,5)1(6)7/h9-10,14-15,18-21,35,37-41,46,48-56,61,81,95-96H,11-13,16-17,22-34,36,75-76H2,1-8H3,(H2,77,97)(H2,78,98)(H2,79,99)(H2,80,101)(H,82,105)(H,83,100)(H,84,106)(H,85,102)(H,86,103)(H,87,108)(H,88,112)(H,89,104)(H,90,107)(H,91,110)(H,92,109)(H,93,111);(H,6,7)/t39-,40-,41+,46-,48-,49-,50-,51-,52-,53-,54-,55-,56-,61-;/m0./s1. The van der Waals surface area contributed by atoms with Crippen LogP contribution in [0.3, 0.4) is 0 Å². The molecule has 3 aromatic rings. The molecule has 2 heterocycles. The molecule has 0 bridgehead atoms. The number of aromatic nitrogens is 1. The predicted molar refractivity (Wildman–Crippen MR) is 432 cm³/mol. The van der Waals surface area contributed by atoms with Gasteiger partial charge in [-0.1, -0.05) is 58.0 Å². The fourth-order valence-electron chi connectivity index (χ4n) is 12.3. The second kappa shape index (κ2) is 51.0. The number of halogens is 3. The van der Waals surface area contributed by atoms with Gasteiger partial charge in [-0.25, -0.2) is 4.79 Å². The third-order valence-electron chi connectivity index (χ3n) is 18.7. The molecule has 28 N–H and O–H groups in total. The smallest absolute Gasteiger partial charge is 0.490 e. The fourth-order valence-corrected chi connectivity index (χ4v) is 12.8. The van der Waals surface area contributed by atoms with Gasteiger partial charge in [0.05, 0.1) is 25.1 Å². The summed E-state index contributed by atoms with van der Waals surface area (Å²) in [4.78, 5) is 243. The van der Waals surface area contributed by atoms with Crippen molar-refractivity contribution in [3.05, 3.63) is 65.9 Å². The number of carbonyl (C=O) groups is 18. The molecule has 121 heavy (non-hydrogen) atoms. The van der Waals surface area contributed by atoms with Crippen LogP contribution in [0, 0.1) is 11.8 Å². The number of phenolic OH excluding ortho intramolecular Hbond substituents is 1. The number of amides is 17. The first kappa shape index (κ1) is 103. The van der Waals surface area contributed by atoms with Crippen LogP contribution >= 0.6 is 11.8 Å². The van der Waals surface area contributed by atoms with Gasteiger partial charge in [0.1, 0.15) is 78.3 Å². The number of primary amides is 4. The van der Waals surface area contributed by atoms with Crippen molar-refractivity contribution in [2.24, 2.45) is 46.2 Å². The Morgan fingerprint density at radius 2 is 1.02 bits per heavy atom. The van der Waals surface area contributed by atoms with Crippen LogP contribution in [0.4, 0.5) is 13.2 Å². The van der Waals surface area contributed by atoms with Crippen LogP contribution < -0.4 is 98.2 Å². The van der Waals surface area contributed by atoms with Crippen LogP contribution in [0.5, 0.6) is 5.75 Å². The zero-order chi connectivity index (χ0) is 91.3. The molecule has 0 aliphatic carbocycles. The van der Waals surface area contributed by atoms with E-state index in [-0.39, 0.29) is 101 Å². The van der Waals surface area contributed by atoms with Crippen LogP contribution in [0.1, 0.15) is 143 Å². The molecular weight excluding hydrogens is 1620 g/mol. The van der Waals surface area contributed by atoms with E-state index in [1.165, 1.54) is 56.8 Å². The van der Waals surface area contributed by atoms with E-state index >= 15 is 0 Å². The molecular formula is C76H115F3N20O21S. The number of phenols is 1. The van der Waals surface area contributed by atoms with Gasteiger partial charge < -0.3 is 123 Å². The Bertz CT molecular complexity index is 4100. The van der Waals surface area contributed by atoms with Crippen LogP contribution in [0.15, 0.2) is 54.7 Å². The summed E-state index contributed by atoms with van der Waals surface area (Å²) in [7, 11) is 0. The minimum atomic E-state index is -5.08. The van der Waals surface area contributed by atoms with Gasteiger partial charge in [-0.2, -0.15) is 24.9 Å². The zero-order valence-corrected chi connectivity index (χ0v) is 69.3. The number of aromatic amines is 1. The highest BCUT2D eigenvalue weighted by atomic mass is 32.2. The summed E-state index contributed by atoms with van der Waals surface area (Å²) in [5, 5.41) is 59.7. The van der Waals surface area contributed by atoms with E-state index in [1.54, 1.807) is 64.4 Å². The number of H-pyrrole nitrogens is 1. The number of aliphatic carboxylic acids is 1. The lowest BCUT2D eigenvalue weighted by molar-refractivity contribution is -0.192. The Balaban J connectivity index is 0.00000516. The van der Waals surface area contributed by atoms with Gasteiger partial charge in [0.15, 0.2) is 0 Å². The number of nitrogens with one attached hydrogen (secondary N) is 13. The lowest BCUT2D eigenvalue weighted by Gasteiger charge is -2.32. The molecule has 0 spiro atoms. The van der Waals surface area contributed by atoms with E-state index in [9.17, 15) is 105 Å². The number of carboxylic acid groups (broad SMARTS) is 1. The number of aliphatic hydroxyl groups excluding tert-OH is 1. The van der Waals surface area contributed by atoms with Crippen LogP contribution in [0.25, 0.3) is 10.9 Å². The number of fused-ring (bicyclic) bond motifs is 1. The molecule has 1 aliphatic rings. The molecule has 672 valence electrons. The number of para-hydroxylation sites is 1. The van der Waals surface area contributed by atoms with Crippen LogP contribution in [0.2, 0.25) is 0 Å². The van der Waals surface area contributed by atoms with Gasteiger partial charge in [-0.05, 0) is 145 Å². The molecule has 1 aliphatic heterocycles. The van der Waals surface area contributed by atoms with Crippen LogP contribution in [-0.4, -0.2) is 254 Å². The van der Waals surface area contributed by atoms with Crippen molar-refractivity contribution in [3.63, 3.8) is 0 Å². The van der Waals surface area contributed by atoms with Crippen LogP contribution in [-0.2, 0) is 99.1 Å². The molecule has 1 fully saturated rings. The number of thioether (sulfide) groups is 1. The number of likely N-dealkylation sites (tertiary alicyclic amines) is 1. The molecule has 41 nitrogen and oxygen atoms in total. The van der Waals surface area contributed by atoms with E-state index in [2.05, 4.69) is 68.8 Å². The predicted octanol–water partition coefficient (Wildman–Crippen LogP) is -4.65. The molecule has 1 aromatic heterocycles. The third kappa shape index (κ3) is 36.8. The monoisotopic (exact) mass is 1730 g/mol. The molecule has 45 heteroatoms. The summed E-state index contributed by atoms with van der Waals surface area (Å²) >= 11 is 1.31. The Hall–Kier alpha value is -11.7. The molecule has 0 radical (unpaired) electrons. The maximum atomic E-state index is 14.7. The van der Waals surface area contributed by atoms with Gasteiger partial charge in [-0.3, -0.25) is 81.5 Å². The second-order valence-electron chi connectivity index (χ2n) is 29.9. The number of aromatic hydroxyl groups is 1. The summed E-state index contributed by atoms with van der Waals surface area (Å²) in [6.45, 7) is 10.3. The molecule has 1 saturated heterocycles. The number of hydrogen-bond donors (Lipinski definition) is 22. The zero-order valence-electron chi connectivity index (χ0n) is 68.5. The topological polar surface area (TPSA) is 687 Å². The number of benzene rings is 2. The number of carbonyl (C=O) groups excluding carboxylic acids is 17. The number of hydrogen-bond acceptors (Lipinski definition) is 23. The summed E-state index contributed by atoms with van der Waals surface area (Å²) in [6.07, 6.45) is -4.72. The highest BCUT2D eigenvalue weighted by Gasteiger charge is 2.43. The van der Waals surface area contributed by atoms with Crippen molar-refractivity contribution in [1.82, 2.24) is 73.7 Å². The fraction of sp³-hybridized carbons (Fsp3) is 0.579. The Morgan fingerprint density at radius 1 is 0.554 bits per heavy atom. The van der Waals surface area contributed by atoms with E-state index in [1.807, 2.05) is 0 Å². The van der Waals surface area contributed by atoms with Crippen molar-refractivity contribution in [2.75, 3.05) is 31.6 Å². The maximum absolute atomic E-state index is 14.7. The minimum Gasteiger partial charge on any atom is -0.508 e. The summed E-state index contributed by atoms with van der Waals surface area (Å²) in [5.41, 5.74) is 34.7. The number of nitrogens with zero attached hydrogens (tertiary/aromatic N) is 1. The van der Waals surface area contributed by atoms with E-state index < -0.39 is 223 Å². The molecule has 0 saturated carbocycles. The largest absolute Gasteiger partial charge is 0.508 e. The molecule has 4 rings (SSSR count). The molecule has 17 amide bonds. The third-order valence-corrected chi connectivity index (χ3v) is 19.4. The van der Waals surface area contributed by atoms with Gasteiger partial charge in [-0.15, -0.1) is 0 Å². The Morgan fingerprint density at radius 3 is 1.55 bits per heavy atom. The Kier molecular flexibility index (Phi) is 43.6. The number of aliphatic hydroxyl groups is 1. The maximum Gasteiger partial charge on any atom is 0.490 e. The first-order chi connectivity index (χ1) is 56.7. The lowest BCUT2D eigenvalue weighted by atomic mass is 9.99. The minimum absolute atomic E-state index is 0.0101. The quantitative estimate of drug-likeness (QED) is 0.0236. The molecule has 2 aromatic carbocycles. The first-order valence-corrected chi connectivity index (χ1v) is 40.4. The van der Waals surface area contributed by atoms with Crippen molar-refractivity contribution < 1.29 is 115 Å². The van der Waals surface area contributed by atoms with E-state index in [0.29, 0.717) is 34.9 Å². The number of unbranched alkanes of at least 4 members (excludes halogenated alkanes) is 1. The van der Waals surface area contributed by atoms with E-state index in [4.69, 9.17) is 44.3 Å². The Labute approximate surface area is 699 Å². The highest BCUT2D eigenvalue weighted by Crippen LogP contribution is 2.24.